The first-order valence-electron chi connectivity index (χ1n) is 20.0. The van der Waals surface area contributed by atoms with Crippen LogP contribution < -0.4 is 15.1 Å². The second-order valence-electron chi connectivity index (χ2n) is 16.9. The van der Waals surface area contributed by atoms with Crippen LogP contribution in [-0.4, -0.2) is 37.3 Å². The summed E-state index contributed by atoms with van der Waals surface area (Å²) in [6, 6.07) is 41.7. The Kier molecular flexibility index (Phi) is 21.1. The fraction of sp³-hybridized carbons (Fsp3) is 0.480. The molecule has 0 fully saturated rings. The molecule has 2 unspecified atom stereocenters. The van der Waals surface area contributed by atoms with Crippen LogP contribution in [0, 0.1) is 36.5 Å². The molecule has 0 heterocycles. The maximum Gasteiger partial charge on any atom is 2.00 e. The zero-order valence-corrected chi connectivity index (χ0v) is 38.7. The minimum atomic E-state index is 0. The van der Waals surface area contributed by atoms with Crippen molar-refractivity contribution in [3.05, 3.63) is 146 Å². The molecule has 0 amide bonds. The molecule has 4 rings (SSSR count). The first kappa shape index (κ1) is 49.1. The monoisotopic (exact) mass is 808 g/mol. The van der Waals surface area contributed by atoms with Gasteiger partial charge in [-0.25, -0.2) is 0 Å². The third kappa shape index (κ3) is 13.7. The van der Waals surface area contributed by atoms with Crippen molar-refractivity contribution < 1.29 is 26.2 Å². The molecule has 0 radical (unpaired) electrons. The summed E-state index contributed by atoms with van der Waals surface area (Å²) < 4.78 is 0. The Morgan fingerprint density at radius 1 is 0.481 bits per heavy atom. The van der Waals surface area contributed by atoms with Crippen molar-refractivity contribution in [3.8, 4) is 0 Å². The summed E-state index contributed by atoms with van der Waals surface area (Å²) in [5.74, 6) is 1.25. The number of anilines is 2. The third-order valence-electron chi connectivity index (χ3n) is 13.0. The van der Waals surface area contributed by atoms with Gasteiger partial charge in [0.1, 0.15) is 0 Å². The van der Waals surface area contributed by atoms with Gasteiger partial charge in [-0.15, -0.1) is 24.3 Å². The summed E-state index contributed by atoms with van der Waals surface area (Å²) in [6.45, 7) is 40.3. The van der Waals surface area contributed by atoms with Crippen LogP contribution >= 0.6 is 0 Å². The van der Waals surface area contributed by atoms with Crippen LogP contribution in [0.15, 0.2) is 121 Å². The molecular weight excluding hydrogens is 734 g/mol. The molecule has 294 valence electrons. The molecule has 4 aromatic rings. The Balaban J connectivity index is 0.000000800. The van der Waals surface area contributed by atoms with Crippen LogP contribution in [0.25, 0.3) is 0 Å². The molecule has 54 heavy (non-hydrogen) atoms. The number of para-hydroxylation sites is 2. The van der Waals surface area contributed by atoms with Gasteiger partial charge in [0, 0.05) is 48.6 Å². The van der Waals surface area contributed by atoms with Crippen molar-refractivity contribution in [2.45, 2.75) is 107 Å². The summed E-state index contributed by atoms with van der Waals surface area (Å²) in [5.41, 5.74) is 5.09. The zero-order chi connectivity index (χ0) is 39.7. The molecule has 0 saturated heterocycles. The van der Waals surface area contributed by atoms with Crippen molar-refractivity contribution in [1.82, 2.24) is 5.32 Å². The average Bonchev–Trinajstić information content (AvgIpc) is 3.15. The fourth-order valence-corrected chi connectivity index (χ4v) is 7.06. The van der Waals surface area contributed by atoms with Gasteiger partial charge in [0.2, 0.25) is 0 Å². The number of benzene rings is 4. The fourth-order valence-electron chi connectivity index (χ4n) is 7.06. The zero-order valence-electron chi connectivity index (χ0n) is 36.3. The van der Waals surface area contributed by atoms with Gasteiger partial charge in [-0.2, -0.15) is 49.2 Å². The number of rotatable bonds is 16. The first-order chi connectivity index (χ1) is 24.9. The Labute approximate surface area is 352 Å². The SMILES string of the molecule is CCC(C)C(C)(C)C(C)(C)N(CCNCCN(c1ccccc1)C(C)(C)C(C)(C)C(C)CC)c1ccccc1.[CH2-]c1ccccc1.[CH2-]c1ccccc1.[Zr+2]. The van der Waals surface area contributed by atoms with E-state index >= 15 is 0 Å². The van der Waals surface area contributed by atoms with Gasteiger partial charge < -0.3 is 15.1 Å². The molecule has 3 nitrogen and oxygen atoms in total. The van der Waals surface area contributed by atoms with Crippen LogP contribution in [0.1, 0.15) is 107 Å². The molecule has 0 aliphatic rings. The predicted molar refractivity (Wildman–Crippen MR) is 237 cm³/mol. The Morgan fingerprint density at radius 2 is 0.741 bits per heavy atom. The number of hydrogen-bond donors (Lipinski definition) is 1. The Bertz CT molecular complexity index is 1400. The smallest absolute Gasteiger partial charge is 0.365 e. The summed E-state index contributed by atoms with van der Waals surface area (Å²) >= 11 is 0. The van der Waals surface area contributed by atoms with Crippen LogP contribution in [0.2, 0.25) is 0 Å². The molecule has 0 aliphatic carbocycles. The van der Waals surface area contributed by atoms with Crippen molar-refractivity contribution in [2.75, 3.05) is 36.0 Å². The van der Waals surface area contributed by atoms with E-state index in [1.54, 1.807) is 0 Å². The van der Waals surface area contributed by atoms with E-state index in [2.05, 4.69) is 173 Å². The Morgan fingerprint density at radius 3 is 0.963 bits per heavy atom. The van der Waals surface area contributed by atoms with E-state index in [0.29, 0.717) is 11.8 Å². The van der Waals surface area contributed by atoms with Crippen molar-refractivity contribution in [3.63, 3.8) is 0 Å². The minimum absolute atomic E-state index is 0. The standard InChI is InChI=1S/C36H61N3.2C7H7.Zr/c1-13-29(3)33(5,6)35(9,10)38(31-21-17-15-18-22-31)27-25-37-26-28-39(32-23-19-16-20-24-32)36(11,12)34(7,8)30(4)14-2;2*1-7-5-3-2-4-6-7;/h15-24,29-30,37H,13-14,25-28H2,1-12H3;2*2-6H,1H2;/q;2*-1;+2. The van der Waals surface area contributed by atoms with Gasteiger partial charge >= 0.3 is 26.2 Å². The van der Waals surface area contributed by atoms with E-state index < -0.39 is 0 Å². The molecular formula is C50H75N3Zr. The van der Waals surface area contributed by atoms with Crippen molar-refractivity contribution in [2.24, 2.45) is 22.7 Å². The second kappa shape index (κ2) is 23.2. The molecule has 0 saturated carbocycles. The minimum Gasteiger partial charge on any atom is -0.365 e. The van der Waals surface area contributed by atoms with Crippen molar-refractivity contribution in [1.29, 1.82) is 0 Å². The molecule has 0 aromatic heterocycles. The van der Waals surface area contributed by atoms with Gasteiger partial charge in [-0.3, -0.25) is 0 Å². The van der Waals surface area contributed by atoms with Crippen LogP contribution in [-0.2, 0) is 26.2 Å². The summed E-state index contributed by atoms with van der Waals surface area (Å²) in [6.07, 6.45) is 2.38. The maximum absolute atomic E-state index is 3.84. The summed E-state index contributed by atoms with van der Waals surface area (Å²) in [5, 5.41) is 3.84. The van der Waals surface area contributed by atoms with Crippen LogP contribution in [0.5, 0.6) is 0 Å². The van der Waals surface area contributed by atoms with E-state index in [-0.39, 0.29) is 48.1 Å². The van der Waals surface area contributed by atoms with Gasteiger partial charge in [0.25, 0.3) is 0 Å². The van der Waals surface area contributed by atoms with E-state index in [4.69, 9.17) is 0 Å². The molecule has 2 atom stereocenters. The molecule has 0 aliphatic heterocycles. The normalized spacial score (nSPS) is 12.8. The van der Waals surface area contributed by atoms with Gasteiger partial charge in [0.05, 0.1) is 0 Å². The molecule has 4 aromatic carbocycles. The van der Waals surface area contributed by atoms with Gasteiger partial charge in [-0.1, -0.05) is 117 Å². The molecule has 0 bridgehead atoms. The predicted octanol–water partition coefficient (Wildman–Crippen LogP) is 13.0. The van der Waals surface area contributed by atoms with Crippen molar-refractivity contribution >= 4 is 11.4 Å². The number of nitrogens with zero attached hydrogens (tertiary/aromatic N) is 2. The molecule has 4 heteroatoms. The second-order valence-corrected chi connectivity index (χ2v) is 16.9. The van der Waals surface area contributed by atoms with Crippen LogP contribution in [0.4, 0.5) is 11.4 Å². The first-order valence-corrected chi connectivity index (χ1v) is 20.0. The number of hydrogen-bond acceptors (Lipinski definition) is 3. The summed E-state index contributed by atoms with van der Waals surface area (Å²) in [7, 11) is 0. The molecule has 1 N–H and O–H groups in total. The molecule has 0 spiro atoms. The largest absolute Gasteiger partial charge is 2.00 e. The van der Waals surface area contributed by atoms with E-state index in [0.717, 1.165) is 37.3 Å². The van der Waals surface area contributed by atoms with Crippen LogP contribution in [0.3, 0.4) is 0 Å². The van der Waals surface area contributed by atoms with Gasteiger partial charge in [0.15, 0.2) is 0 Å². The van der Waals surface area contributed by atoms with E-state index in [1.165, 1.54) is 24.2 Å². The topological polar surface area (TPSA) is 18.5 Å². The maximum atomic E-state index is 3.84. The quantitative estimate of drug-likeness (QED) is 0.0898. The summed E-state index contributed by atoms with van der Waals surface area (Å²) in [4.78, 5) is 5.27. The van der Waals surface area contributed by atoms with Gasteiger partial charge in [-0.05, 0) is 74.6 Å². The average molecular weight is 809 g/mol. The van der Waals surface area contributed by atoms with E-state index in [9.17, 15) is 0 Å². The van der Waals surface area contributed by atoms with E-state index in [1.807, 2.05) is 60.7 Å². The Hall–Kier alpha value is -2.94. The third-order valence-corrected chi connectivity index (χ3v) is 13.0. The number of nitrogens with one attached hydrogen (secondary N) is 1.